The van der Waals surface area contributed by atoms with Gasteiger partial charge in [-0.25, -0.2) is 0 Å². The number of aliphatic hydroxyl groups is 1. The van der Waals surface area contributed by atoms with Crippen LogP contribution in [0.3, 0.4) is 0 Å². The molecule has 3 saturated carbocycles. The van der Waals surface area contributed by atoms with Gasteiger partial charge in [0.1, 0.15) is 5.78 Å². The summed E-state index contributed by atoms with van der Waals surface area (Å²) >= 11 is 0. The molecule has 0 radical (unpaired) electrons. The van der Waals surface area contributed by atoms with Crippen LogP contribution < -0.4 is 0 Å². The lowest BCUT2D eigenvalue weighted by atomic mass is 9.48. The highest BCUT2D eigenvalue weighted by Gasteiger charge is 2.58. The van der Waals surface area contributed by atoms with Crippen molar-refractivity contribution >= 4 is 17.3 Å². The molecule has 0 aromatic rings. The Kier molecular flexibility index (Phi) is 31.0. The van der Waals surface area contributed by atoms with E-state index < -0.39 is 0 Å². The van der Waals surface area contributed by atoms with Gasteiger partial charge >= 0.3 is 0 Å². The Morgan fingerprint density at radius 1 is 0.488 bits per heavy atom. The van der Waals surface area contributed by atoms with E-state index in [1.165, 1.54) is 101 Å². The van der Waals surface area contributed by atoms with Crippen molar-refractivity contribution in [2.75, 3.05) is 14.2 Å². The Bertz CT molecular complexity index is 2650. The second-order valence-corrected chi connectivity index (χ2v) is 27.2. The van der Waals surface area contributed by atoms with Gasteiger partial charge in [0.25, 0.3) is 0 Å². The quantitative estimate of drug-likeness (QED) is 0.0549. The van der Waals surface area contributed by atoms with E-state index in [4.69, 9.17) is 9.47 Å². The minimum Gasteiger partial charge on any atom is -0.489 e. The Balaban J connectivity index is 0.000000588. The summed E-state index contributed by atoms with van der Waals surface area (Å²) in [5.74, 6) is 2.03. The lowest BCUT2D eigenvalue weighted by Crippen LogP contribution is -2.50. The molecule has 0 unspecified atom stereocenters. The molecule has 3 fully saturated rings. The van der Waals surface area contributed by atoms with E-state index in [1.54, 1.807) is 6.92 Å². The molecule has 0 bridgehead atoms. The average Bonchev–Trinajstić information content (AvgIpc) is 1.40. The molecule has 6 atom stereocenters. The lowest BCUT2D eigenvalue weighted by molar-refractivity contribution is -0.132. The smallest absolute Gasteiger partial charge is 0.228 e. The molecule has 466 valence electrons. The summed E-state index contributed by atoms with van der Waals surface area (Å²) in [5.41, 5.74) is 17.3. The highest BCUT2D eigenvalue weighted by Crippen LogP contribution is 2.64. The molecule has 1 N–H and O–H groups in total. The normalized spacial score (nSPS) is 25.1. The van der Waals surface area contributed by atoms with Crippen LogP contribution in [0.25, 0.3) is 0 Å². The fourth-order valence-corrected chi connectivity index (χ4v) is 14.0. The zero-order valence-corrected chi connectivity index (χ0v) is 56.2. The van der Waals surface area contributed by atoms with Crippen LogP contribution in [0.5, 0.6) is 0 Å². The van der Waals surface area contributed by atoms with Gasteiger partial charge in [0.2, 0.25) is 23.1 Å². The zero-order chi connectivity index (χ0) is 62.0. The highest BCUT2D eigenvalue weighted by molar-refractivity contribution is 6.23. The maximum Gasteiger partial charge on any atom is 0.228 e. The van der Waals surface area contributed by atoms with Gasteiger partial charge in [-0.2, -0.15) is 0 Å². The van der Waals surface area contributed by atoms with Gasteiger partial charge in [-0.15, -0.1) is 0 Å². The van der Waals surface area contributed by atoms with E-state index in [1.807, 2.05) is 0 Å². The van der Waals surface area contributed by atoms with E-state index in [-0.39, 0.29) is 34.6 Å². The van der Waals surface area contributed by atoms with Crippen molar-refractivity contribution in [3.05, 3.63) is 151 Å². The molecule has 6 heteroatoms. The second-order valence-electron chi connectivity index (χ2n) is 27.2. The number of hydrogen-bond acceptors (Lipinski definition) is 6. The first-order chi connectivity index (χ1) is 39.9. The van der Waals surface area contributed by atoms with Crippen molar-refractivity contribution < 1.29 is 29.0 Å². The average molecular weight is 1150 g/mol. The molecular weight excluding hydrogens is 1030 g/mol. The molecule has 0 aliphatic heterocycles. The summed E-state index contributed by atoms with van der Waals surface area (Å²) in [4.78, 5) is 37.9. The first-order valence-corrected chi connectivity index (χ1v) is 33.0. The van der Waals surface area contributed by atoms with E-state index in [2.05, 4.69) is 157 Å². The van der Waals surface area contributed by atoms with Crippen LogP contribution in [-0.4, -0.2) is 42.8 Å². The van der Waals surface area contributed by atoms with Gasteiger partial charge in [0.15, 0.2) is 0 Å². The largest absolute Gasteiger partial charge is 0.489 e. The summed E-state index contributed by atoms with van der Waals surface area (Å²) in [6, 6.07) is 0. The van der Waals surface area contributed by atoms with E-state index >= 15 is 0 Å². The first-order valence-electron chi connectivity index (χ1n) is 33.0. The number of Topliss-reactive ketones (excluding diaryl/α,β-unsaturated/α-hetero) is 3. The third-order valence-corrected chi connectivity index (χ3v) is 19.9. The second kappa shape index (κ2) is 36.4. The number of fused-ring (bicyclic) bond motifs is 5. The lowest BCUT2D eigenvalue weighted by Gasteiger charge is -2.56. The number of aliphatic hydroxyl groups excluding tert-OH is 1. The highest BCUT2D eigenvalue weighted by atomic mass is 16.5. The van der Waals surface area contributed by atoms with Crippen LogP contribution >= 0.6 is 0 Å². The number of hydrogen-bond donors (Lipinski definition) is 1. The fraction of sp³-hybridized carbons (Fsp3) is 0.628. The van der Waals surface area contributed by atoms with Crippen LogP contribution in [0.1, 0.15) is 270 Å². The van der Waals surface area contributed by atoms with Crippen molar-refractivity contribution in [2.24, 2.45) is 28.6 Å². The Hall–Kier alpha value is -4.81. The van der Waals surface area contributed by atoms with Crippen molar-refractivity contribution in [1.82, 2.24) is 0 Å². The van der Waals surface area contributed by atoms with Gasteiger partial charge in [-0.3, -0.25) is 14.4 Å². The minimum absolute atomic E-state index is 0.00667. The monoisotopic (exact) mass is 1150 g/mol. The molecule has 0 spiro atoms. The predicted octanol–water partition coefficient (Wildman–Crippen LogP) is 21.7. The molecule has 0 amide bonds. The van der Waals surface area contributed by atoms with Crippen LogP contribution in [0.15, 0.2) is 151 Å². The topological polar surface area (TPSA) is 89.9 Å². The number of methoxy groups -OCH3 is 2. The molecule has 0 saturated heterocycles. The summed E-state index contributed by atoms with van der Waals surface area (Å²) in [5, 5.41) is 10.00. The number of carbonyl (C=O) groups is 3. The molecule has 5 aliphatic rings. The zero-order valence-electron chi connectivity index (χ0n) is 56.2. The van der Waals surface area contributed by atoms with Crippen molar-refractivity contribution in [3.8, 4) is 0 Å². The molecule has 0 aromatic carbocycles. The molecule has 0 heterocycles. The van der Waals surface area contributed by atoms with Crippen LogP contribution in [0.4, 0.5) is 0 Å². The molecule has 5 aliphatic carbocycles. The molecular formula is C78H118O6. The minimum atomic E-state index is -0.284. The predicted molar refractivity (Wildman–Crippen MR) is 357 cm³/mol. The fourth-order valence-electron chi connectivity index (χ4n) is 14.0. The third-order valence-electron chi connectivity index (χ3n) is 19.9. The van der Waals surface area contributed by atoms with E-state index in [9.17, 15) is 19.5 Å². The third kappa shape index (κ3) is 22.8. The van der Waals surface area contributed by atoms with E-state index in [0.29, 0.717) is 40.6 Å². The van der Waals surface area contributed by atoms with Crippen LogP contribution in [0, 0.1) is 28.6 Å². The molecule has 84 heavy (non-hydrogen) atoms. The van der Waals surface area contributed by atoms with Crippen molar-refractivity contribution in [3.63, 3.8) is 0 Å². The molecule has 0 aromatic heterocycles. The maximum absolute atomic E-state index is 12.9. The Labute approximate surface area is 513 Å². The number of allylic oxidation sites excluding steroid dienone is 23. The Morgan fingerprint density at radius 3 is 1.21 bits per heavy atom. The van der Waals surface area contributed by atoms with Gasteiger partial charge < -0.3 is 14.6 Å². The molecule has 5 rings (SSSR count). The first kappa shape index (κ1) is 71.7. The number of carbonyl (C=O) groups excluding carboxylic acids is 3. The van der Waals surface area contributed by atoms with E-state index in [0.717, 1.165) is 147 Å². The van der Waals surface area contributed by atoms with Gasteiger partial charge in [0, 0.05) is 23.0 Å². The maximum atomic E-state index is 12.9. The van der Waals surface area contributed by atoms with Crippen molar-refractivity contribution in [2.45, 2.75) is 276 Å². The summed E-state index contributed by atoms with van der Waals surface area (Å²) in [7, 11) is 2.78. The number of ether oxygens (including phenoxy) is 2. The summed E-state index contributed by atoms with van der Waals surface area (Å²) < 4.78 is 10.3. The SMILES string of the molecule is COC1=C(OC)C(=O)C(C/C=C(\C)CC/C=C(\C)CC/C=C(\C)CC/C=C(\C)CC/C=C(\C)CC/C=C(\C)CC/C=C(\C)CC/C=C(\C)CC/C=C(\C)CCC=C(C)C)=C(C)C1=O.C[C@]12CC[C@H](O)CC1=CC[C@@H]1[C@@H]2CC[C@]2(C)C(=O)CC[C@@H]12. The molecule has 6 nitrogen and oxygen atoms in total. The van der Waals surface area contributed by atoms with Crippen LogP contribution in [-0.2, 0) is 23.9 Å². The van der Waals surface area contributed by atoms with Gasteiger partial charge in [0.05, 0.1) is 20.3 Å². The van der Waals surface area contributed by atoms with Crippen LogP contribution in [0.2, 0.25) is 0 Å². The summed E-state index contributed by atoms with van der Waals surface area (Å²) in [6.07, 6.45) is 55.0. The Morgan fingerprint density at radius 2 is 0.833 bits per heavy atom. The van der Waals surface area contributed by atoms with Gasteiger partial charge in [-0.1, -0.05) is 142 Å². The van der Waals surface area contributed by atoms with Gasteiger partial charge in [-0.05, 0) is 273 Å². The van der Waals surface area contributed by atoms with Crippen molar-refractivity contribution in [1.29, 1.82) is 0 Å². The number of rotatable bonds is 31. The summed E-state index contributed by atoms with van der Waals surface area (Å²) in [6.45, 7) is 31.0. The standard InChI is InChI=1S/C59H90O4.C19H28O2/c1-44(2)24-15-25-45(3)26-16-27-46(4)28-17-29-47(5)30-18-31-48(6)32-19-33-49(7)34-20-35-50(8)36-21-37-51(9)38-22-39-52(10)40-23-41-53(11)42-43-55-54(12)56(60)58(62-13)59(63-14)57(55)61;1-18-9-7-13(20)11-12(18)3-4-14-15-5-6-17(21)19(15,2)10-8-16(14)18/h24,26,28,30,32,34,36,38,40,42H,15-23,25,27,29,31,33,35,37,39,41,43H2,1-14H3;3,13-16,20H,4-11H2,1-2H3/b45-26+,46-28+,47-30+,48-32+,49-34+,50-36+,51-38+,52-40+,53-42+;/t;13-,14-,15-,16-,18-,19-/m.0/s1. The number of ketones is 3.